The number of nitrogens with one attached hydrogen (secondary N) is 4. The molecular formula is C72H64N8O9. The van der Waals surface area contributed by atoms with Crippen LogP contribution in [0.1, 0.15) is 151 Å². The number of rotatable bonds is 21. The third kappa shape index (κ3) is 16.8. The third-order valence-electron chi connectivity index (χ3n) is 14.8. The van der Waals surface area contributed by atoms with E-state index in [1.807, 2.05) is 93.6 Å². The van der Waals surface area contributed by atoms with Crippen molar-refractivity contribution in [1.82, 2.24) is 40.8 Å². The molecule has 0 amide bonds. The highest BCUT2D eigenvalue weighted by Crippen LogP contribution is 2.23. The Morgan fingerprint density at radius 2 is 0.596 bits per heavy atom. The SMILES string of the molecule is COc1ccccc1C(=O)CCC(=O)c1ccc2[nH]ncc2c1.Cc1ccc(C(=O)CCC(=O)c2ccc3[nH]ncc3c2)cc1.Cc1cccc(C(=O)CCC(=O)c2ccc3[nH]ncc3c2)c1.Cc1cccc(C(=O)CCC(=O)c2ccc3[nH]ncc3c2)c1. The summed E-state index contributed by atoms with van der Waals surface area (Å²) in [5, 5.41) is 30.7. The molecule has 89 heavy (non-hydrogen) atoms. The minimum Gasteiger partial charge on any atom is -0.496 e. The number of hydrogen-bond acceptors (Lipinski definition) is 13. The van der Waals surface area contributed by atoms with Crippen LogP contribution in [0.2, 0.25) is 0 Å². The molecule has 4 aromatic heterocycles. The van der Waals surface area contributed by atoms with E-state index in [0.717, 1.165) is 60.3 Å². The van der Waals surface area contributed by atoms with E-state index >= 15 is 0 Å². The molecule has 17 nitrogen and oxygen atoms in total. The highest BCUT2D eigenvalue weighted by molar-refractivity contribution is 6.07. The van der Waals surface area contributed by atoms with Gasteiger partial charge in [0.15, 0.2) is 46.3 Å². The minimum atomic E-state index is -0.0970. The highest BCUT2D eigenvalue weighted by atomic mass is 16.5. The first kappa shape index (κ1) is 62.3. The van der Waals surface area contributed by atoms with Crippen LogP contribution in [0, 0.1) is 20.8 Å². The summed E-state index contributed by atoms with van der Waals surface area (Å²) in [5.41, 5.74) is 11.7. The summed E-state index contributed by atoms with van der Waals surface area (Å²) in [6.45, 7) is 5.87. The number of fused-ring (bicyclic) bond motifs is 4. The zero-order valence-corrected chi connectivity index (χ0v) is 49.6. The summed E-state index contributed by atoms with van der Waals surface area (Å²) in [4.78, 5) is 97.6. The van der Waals surface area contributed by atoms with Crippen molar-refractivity contribution in [3.63, 3.8) is 0 Å². The molecule has 8 aromatic carbocycles. The topological polar surface area (TPSA) is 261 Å². The first-order chi connectivity index (χ1) is 43.1. The first-order valence-electron chi connectivity index (χ1n) is 28.9. The van der Waals surface area contributed by atoms with Crippen LogP contribution in [0.3, 0.4) is 0 Å². The number of aryl methyl sites for hydroxylation is 3. The molecule has 0 aliphatic carbocycles. The van der Waals surface area contributed by atoms with E-state index in [1.54, 1.807) is 122 Å². The van der Waals surface area contributed by atoms with Gasteiger partial charge in [0.1, 0.15) is 5.75 Å². The zero-order chi connectivity index (χ0) is 62.8. The summed E-state index contributed by atoms with van der Waals surface area (Å²) < 4.78 is 5.18. The van der Waals surface area contributed by atoms with E-state index in [9.17, 15) is 38.4 Å². The van der Waals surface area contributed by atoms with Crippen molar-refractivity contribution in [3.05, 3.63) is 256 Å². The Kier molecular flexibility index (Phi) is 20.8. The Hall–Kier alpha value is -11.2. The summed E-state index contributed by atoms with van der Waals surface area (Å²) in [6.07, 6.45) is 8.39. The second-order valence-electron chi connectivity index (χ2n) is 21.4. The average molecular weight is 1190 g/mol. The molecule has 0 spiro atoms. The van der Waals surface area contributed by atoms with Crippen molar-refractivity contribution < 1.29 is 43.1 Å². The van der Waals surface area contributed by atoms with Crippen LogP contribution in [0.4, 0.5) is 0 Å². The molecule has 0 radical (unpaired) electrons. The maximum absolute atomic E-state index is 12.3. The van der Waals surface area contributed by atoms with Crippen molar-refractivity contribution in [1.29, 1.82) is 0 Å². The molecule has 0 atom stereocenters. The van der Waals surface area contributed by atoms with Gasteiger partial charge in [-0.25, -0.2) is 0 Å². The number of ether oxygens (including phenoxy) is 1. The predicted octanol–water partition coefficient (Wildman–Crippen LogP) is 14.6. The fraction of sp³-hybridized carbons (Fsp3) is 0.167. The van der Waals surface area contributed by atoms with Crippen LogP contribution >= 0.6 is 0 Å². The number of aromatic amines is 4. The number of Topliss-reactive ketones (excluding diaryl/α,β-unsaturated/α-hetero) is 8. The van der Waals surface area contributed by atoms with Gasteiger partial charge in [-0.15, -0.1) is 0 Å². The Balaban J connectivity index is 0.000000141. The lowest BCUT2D eigenvalue weighted by Crippen LogP contribution is -2.06. The number of aromatic nitrogens is 8. The number of H-pyrrole nitrogens is 4. The van der Waals surface area contributed by atoms with E-state index in [0.29, 0.717) is 50.3 Å². The lowest BCUT2D eigenvalue weighted by atomic mass is 10.00. The fourth-order valence-corrected chi connectivity index (χ4v) is 9.77. The van der Waals surface area contributed by atoms with Gasteiger partial charge in [0.05, 0.1) is 59.5 Å². The molecule has 0 aliphatic heterocycles. The van der Waals surface area contributed by atoms with Crippen molar-refractivity contribution in [2.75, 3.05) is 7.11 Å². The number of ketones is 8. The van der Waals surface area contributed by atoms with Crippen LogP contribution in [-0.4, -0.2) is 94.2 Å². The van der Waals surface area contributed by atoms with E-state index in [4.69, 9.17) is 4.74 Å². The van der Waals surface area contributed by atoms with Gasteiger partial charge in [-0.05, 0) is 118 Å². The molecule has 4 heterocycles. The number of para-hydroxylation sites is 1. The normalized spacial score (nSPS) is 10.7. The molecular weight excluding hydrogens is 1120 g/mol. The number of hydrogen-bond donors (Lipinski definition) is 4. The minimum absolute atomic E-state index is 0.00133. The molecule has 0 saturated heterocycles. The molecule has 446 valence electrons. The number of methoxy groups -OCH3 is 1. The van der Waals surface area contributed by atoms with Crippen molar-refractivity contribution in [3.8, 4) is 5.75 Å². The van der Waals surface area contributed by atoms with Gasteiger partial charge >= 0.3 is 0 Å². The maximum Gasteiger partial charge on any atom is 0.167 e. The summed E-state index contributed by atoms with van der Waals surface area (Å²) >= 11 is 0. The van der Waals surface area contributed by atoms with E-state index < -0.39 is 0 Å². The van der Waals surface area contributed by atoms with Crippen LogP contribution in [0.15, 0.2) is 195 Å². The lowest BCUT2D eigenvalue weighted by Gasteiger charge is -2.07. The zero-order valence-electron chi connectivity index (χ0n) is 49.6. The molecule has 12 aromatic rings. The summed E-state index contributed by atoms with van der Waals surface area (Å²) in [5.74, 6) is 0.304. The van der Waals surface area contributed by atoms with Crippen LogP contribution in [0.5, 0.6) is 5.75 Å². The van der Waals surface area contributed by atoms with Crippen molar-refractivity contribution in [2.24, 2.45) is 0 Å². The van der Waals surface area contributed by atoms with Crippen LogP contribution < -0.4 is 4.74 Å². The van der Waals surface area contributed by atoms with Gasteiger partial charge in [-0.3, -0.25) is 58.8 Å². The van der Waals surface area contributed by atoms with E-state index in [1.165, 1.54) is 7.11 Å². The monoisotopic (exact) mass is 1180 g/mol. The van der Waals surface area contributed by atoms with Gasteiger partial charge < -0.3 is 4.74 Å². The van der Waals surface area contributed by atoms with Gasteiger partial charge in [0.25, 0.3) is 0 Å². The second kappa shape index (κ2) is 29.7. The van der Waals surface area contributed by atoms with E-state index in [2.05, 4.69) is 40.8 Å². The van der Waals surface area contributed by atoms with Crippen molar-refractivity contribution in [2.45, 2.75) is 72.1 Å². The van der Waals surface area contributed by atoms with Crippen LogP contribution in [0.25, 0.3) is 43.6 Å². The van der Waals surface area contributed by atoms with Gasteiger partial charge in [-0.1, -0.05) is 89.5 Å². The molecule has 0 saturated carbocycles. The number of nitrogens with zero attached hydrogens (tertiary/aromatic N) is 4. The summed E-state index contributed by atoms with van der Waals surface area (Å²) in [7, 11) is 1.53. The number of carbonyl (C=O) groups is 8. The molecule has 0 aliphatic rings. The predicted molar refractivity (Wildman–Crippen MR) is 342 cm³/mol. The number of benzene rings is 8. The maximum atomic E-state index is 12.3. The molecule has 0 unspecified atom stereocenters. The highest BCUT2D eigenvalue weighted by Gasteiger charge is 2.18. The Morgan fingerprint density at radius 3 is 0.921 bits per heavy atom. The van der Waals surface area contributed by atoms with E-state index in [-0.39, 0.29) is 97.6 Å². The van der Waals surface area contributed by atoms with Gasteiger partial charge in [0, 0.05) is 112 Å². The molecule has 0 bridgehead atoms. The third-order valence-corrected chi connectivity index (χ3v) is 14.8. The van der Waals surface area contributed by atoms with Gasteiger partial charge in [0.2, 0.25) is 0 Å². The Labute approximate surface area is 512 Å². The second-order valence-corrected chi connectivity index (χ2v) is 21.4. The smallest absolute Gasteiger partial charge is 0.167 e. The Morgan fingerprint density at radius 1 is 0.303 bits per heavy atom. The summed E-state index contributed by atoms with van der Waals surface area (Å²) in [6, 6.07) is 50.9. The van der Waals surface area contributed by atoms with Crippen LogP contribution in [-0.2, 0) is 0 Å². The fourth-order valence-electron chi connectivity index (χ4n) is 9.77. The standard InChI is InChI=1S/C18H16N2O3.3C18H16N2O2/c1-23-18-5-3-2-4-14(18)17(22)9-8-16(21)12-6-7-15-13(10-12)11-19-20-15;1-12-2-4-13(5-3-12)17(21)8-9-18(22)14-6-7-16-15(10-14)11-19-20-16;2*1-12-3-2-4-13(9-12)17(21)7-8-18(22)14-5-6-16-15(10-14)11-19-20-16/h2-7,10-11H,8-9H2,1H3,(H,19,20);2-7,10-11H,8-9H2,1H3,(H,19,20);2*2-6,9-11H,7-8H2,1H3,(H,19,20). The first-order valence-corrected chi connectivity index (χ1v) is 28.9. The van der Waals surface area contributed by atoms with Crippen molar-refractivity contribution >= 4 is 89.9 Å². The largest absolute Gasteiger partial charge is 0.496 e. The lowest BCUT2D eigenvalue weighted by molar-refractivity contribution is 0.0916. The molecule has 0 fully saturated rings. The molecule has 17 heteroatoms. The molecule has 12 rings (SSSR count). The molecule has 4 N–H and O–H groups in total. The Bertz CT molecular complexity index is 4410. The number of carbonyl (C=O) groups excluding carboxylic acids is 8. The van der Waals surface area contributed by atoms with Gasteiger partial charge in [-0.2, -0.15) is 20.4 Å². The average Bonchev–Trinajstić information content (AvgIpc) is 3.42. The quantitative estimate of drug-likeness (QED) is 0.0489.